The number of hydrogen-bond acceptors (Lipinski definition) is 5. The third-order valence-electron chi connectivity index (χ3n) is 6.09. The zero-order valence-electron chi connectivity index (χ0n) is 17.8. The predicted octanol–water partition coefficient (Wildman–Crippen LogP) is 4.39. The lowest BCUT2D eigenvalue weighted by Gasteiger charge is -2.38. The van der Waals surface area contributed by atoms with E-state index in [-0.39, 0.29) is 11.8 Å². The molecule has 2 aromatic carbocycles. The van der Waals surface area contributed by atoms with Crippen molar-refractivity contribution < 1.29 is 23.9 Å². The number of esters is 2. The van der Waals surface area contributed by atoms with Crippen molar-refractivity contribution in [1.29, 1.82) is 0 Å². The van der Waals surface area contributed by atoms with Gasteiger partial charge in [0.1, 0.15) is 11.9 Å². The van der Waals surface area contributed by atoms with Gasteiger partial charge in [-0.25, -0.2) is 0 Å². The highest BCUT2D eigenvalue weighted by Crippen LogP contribution is 2.52. The maximum atomic E-state index is 14.2. The van der Waals surface area contributed by atoms with E-state index < -0.39 is 29.4 Å². The summed E-state index contributed by atoms with van der Waals surface area (Å²) < 4.78 is 11.0. The lowest BCUT2D eigenvalue weighted by molar-refractivity contribution is -0.151. The first-order valence-corrected chi connectivity index (χ1v) is 10.4. The molecule has 1 saturated heterocycles. The van der Waals surface area contributed by atoms with Gasteiger partial charge in [-0.2, -0.15) is 0 Å². The van der Waals surface area contributed by atoms with Crippen molar-refractivity contribution in [2.24, 2.45) is 17.3 Å². The number of para-hydroxylation sites is 2. The highest BCUT2D eigenvalue weighted by atomic mass is 16.6. The Morgan fingerprint density at radius 3 is 2.06 bits per heavy atom. The molecule has 0 saturated carbocycles. The van der Waals surface area contributed by atoms with Gasteiger partial charge in [-0.05, 0) is 43.7 Å². The van der Waals surface area contributed by atoms with E-state index in [1.807, 2.05) is 74.5 Å². The van der Waals surface area contributed by atoms with Crippen LogP contribution in [0.3, 0.4) is 0 Å². The summed E-state index contributed by atoms with van der Waals surface area (Å²) in [5.74, 6) is -1.65. The summed E-state index contributed by atoms with van der Waals surface area (Å²) in [6.07, 6.45) is 1.59. The Labute approximate surface area is 181 Å². The van der Waals surface area contributed by atoms with Crippen molar-refractivity contribution in [2.75, 3.05) is 4.90 Å². The van der Waals surface area contributed by atoms with E-state index in [9.17, 15) is 14.4 Å². The molecule has 0 radical (unpaired) electrons. The fourth-order valence-corrected chi connectivity index (χ4v) is 4.60. The number of rotatable bonds is 4. The summed E-state index contributed by atoms with van der Waals surface area (Å²) >= 11 is 0. The van der Waals surface area contributed by atoms with Gasteiger partial charge in [-0.1, -0.05) is 43.3 Å². The van der Waals surface area contributed by atoms with Crippen LogP contribution in [0.2, 0.25) is 0 Å². The molecule has 1 heterocycles. The normalized spacial score (nSPS) is 27.0. The van der Waals surface area contributed by atoms with E-state index in [2.05, 4.69) is 0 Å². The fraction of sp³-hybridized carbons (Fsp3) is 0.320. The predicted molar refractivity (Wildman–Crippen MR) is 115 cm³/mol. The maximum absolute atomic E-state index is 14.2. The van der Waals surface area contributed by atoms with Gasteiger partial charge in [0.15, 0.2) is 5.41 Å². The molecule has 6 heteroatoms. The topological polar surface area (TPSA) is 72.9 Å². The number of ether oxygens (including phenoxy) is 2. The minimum atomic E-state index is -1.57. The van der Waals surface area contributed by atoms with E-state index in [1.54, 1.807) is 4.90 Å². The molecule has 6 nitrogen and oxygen atoms in total. The Bertz CT molecular complexity index is 993. The third kappa shape index (κ3) is 3.52. The zero-order chi connectivity index (χ0) is 22.2. The Morgan fingerprint density at radius 1 is 1.00 bits per heavy atom. The molecular formula is C25H25NO5. The Hall–Kier alpha value is -3.41. The highest BCUT2D eigenvalue weighted by Gasteiger charge is 2.63. The quantitative estimate of drug-likeness (QED) is 0.543. The van der Waals surface area contributed by atoms with Crippen molar-refractivity contribution in [3.63, 3.8) is 0 Å². The van der Waals surface area contributed by atoms with Gasteiger partial charge in [0.05, 0.1) is 0 Å². The van der Waals surface area contributed by atoms with Crippen LogP contribution in [-0.4, -0.2) is 23.9 Å². The number of carbonyl (C=O) groups is 3. The number of carbonyl (C=O) groups excluding carboxylic acids is 3. The largest absolute Gasteiger partial charge is 0.461 e. The molecule has 1 aliphatic heterocycles. The summed E-state index contributed by atoms with van der Waals surface area (Å²) in [7, 11) is 0. The number of nitrogens with zero attached hydrogens (tertiary/aromatic N) is 1. The van der Waals surface area contributed by atoms with Gasteiger partial charge in [0, 0.05) is 30.1 Å². The molecule has 4 rings (SSSR count). The number of cyclic esters (lactones) is 1. The minimum Gasteiger partial charge on any atom is -0.461 e. The number of hydrogen-bond donors (Lipinski definition) is 0. The van der Waals surface area contributed by atoms with Crippen LogP contribution in [0.5, 0.6) is 0 Å². The van der Waals surface area contributed by atoms with Gasteiger partial charge in [-0.3, -0.25) is 19.3 Å². The van der Waals surface area contributed by atoms with E-state index in [1.165, 1.54) is 13.0 Å². The molecule has 160 valence electrons. The summed E-state index contributed by atoms with van der Waals surface area (Å²) in [5, 5.41) is 0. The van der Waals surface area contributed by atoms with Crippen LogP contribution in [0.15, 0.2) is 72.5 Å². The number of allylic oxidation sites excluding steroid dienone is 1. The second kappa shape index (κ2) is 8.02. The number of benzene rings is 2. The van der Waals surface area contributed by atoms with Gasteiger partial charge in [-0.15, -0.1) is 0 Å². The van der Waals surface area contributed by atoms with Crippen molar-refractivity contribution in [2.45, 2.75) is 33.3 Å². The maximum Gasteiger partial charge on any atom is 0.326 e. The van der Waals surface area contributed by atoms with Crippen LogP contribution < -0.4 is 4.90 Å². The molecule has 2 aliphatic rings. The second-order valence-corrected chi connectivity index (χ2v) is 8.17. The van der Waals surface area contributed by atoms with Crippen LogP contribution >= 0.6 is 0 Å². The standard InChI is InChI=1S/C25H25NO5/c1-16-14-21-17(2)30-24(29)25(21,15-22(16)31-18(3)27)23(28)26(19-10-6-4-7-11-19)20-12-8-5-9-13-20/h4-13,15-17,21H,14H2,1-3H3. The summed E-state index contributed by atoms with van der Waals surface area (Å²) in [4.78, 5) is 40.7. The monoisotopic (exact) mass is 419 g/mol. The number of anilines is 2. The van der Waals surface area contributed by atoms with Crippen LogP contribution in [0.4, 0.5) is 11.4 Å². The molecule has 1 amide bonds. The summed E-state index contributed by atoms with van der Waals surface area (Å²) in [5.41, 5.74) is -0.289. The molecule has 0 N–H and O–H groups in total. The molecular weight excluding hydrogens is 394 g/mol. The second-order valence-electron chi connectivity index (χ2n) is 8.17. The molecule has 1 aliphatic carbocycles. The molecule has 31 heavy (non-hydrogen) atoms. The SMILES string of the molecule is CC(=O)OC1=CC2(C(=O)N(c3ccccc3)c3ccccc3)C(=O)OC(C)C2CC1C. The fourth-order valence-electron chi connectivity index (χ4n) is 4.60. The minimum absolute atomic E-state index is 0.117. The van der Waals surface area contributed by atoms with Gasteiger partial charge < -0.3 is 9.47 Å². The number of amides is 1. The molecule has 0 aromatic heterocycles. The first-order valence-electron chi connectivity index (χ1n) is 10.4. The Kier molecular flexibility index (Phi) is 5.39. The first-order chi connectivity index (χ1) is 14.8. The van der Waals surface area contributed by atoms with Crippen molar-refractivity contribution in [1.82, 2.24) is 0 Å². The van der Waals surface area contributed by atoms with Crippen LogP contribution in [0, 0.1) is 17.3 Å². The van der Waals surface area contributed by atoms with Crippen molar-refractivity contribution in [3.8, 4) is 0 Å². The Balaban J connectivity index is 1.90. The van der Waals surface area contributed by atoms with Crippen LogP contribution in [-0.2, 0) is 23.9 Å². The molecule has 1 fully saturated rings. The highest BCUT2D eigenvalue weighted by molar-refractivity contribution is 6.16. The van der Waals surface area contributed by atoms with Crippen LogP contribution in [0.1, 0.15) is 27.2 Å². The summed E-state index contributed by atoms with van der Waals surface area (Å²) in [6, 6.07) is 18.4. The average molecular weight is 419 g/mol. The Morgan fingerprint density at radius 2 is 1.55 bits per heavy atom. The van der Waals surface area contributed by atoms with Crippen molar-refractivity contribution in [3.05, 3.63) is 72.5 Å². The lowest BCUT2D eigenvalue weighted by atomic mass is 9.66. The van der Waals surface area contributed by atoms with E-state index in [0.717, 1.165) is 0 Å². The third-order valence-corrected chi connectivity index (χ3v) is 6.09. The lowest BCUT2D eigenvalue weighted by Crippen LogP contribution is -2.50. The van der Waals surface area contributed by atoms with E-state index in [4.69, 9.17) is 9.47 Å². The zero-order valence-corrected chi connectivity index (χ0v) is 17.8. The first kappa shape index (κ1) is 20.8. The molecule has 0 bridgehead atoms. The average Bonchev–Trinajstić information content (AvgIpc) is 3.00. The van der Waals surface area contributed by atoms with Crippen LogP contribution in [0.25, 0.3) is 0 Å². The van der Waals surface area contributed by atoms with E-state index >= 15 is 0 Å². The van der Waals surface area contributed by atoms with Gasteiger partial charge >= 0.3 is 11.9 Å². The van der Waals surface area contributed by atoms with Gasteiger partial charge in [0.2, 0.25) is 0 Å². The molecule has 0 spiro atoms. The smallest absolute Gasteiger partial charge is 0.326 e. The molecule has 4 unspecified atom stereocenters. The molecule has 2 aromatic rings. The number of fused-ring (bicyclic) bond motifs is 1. The summed E-state index contributed by atoms with van der Waals surface area (Å²) in [6.45, 7) is 5.04. The van der Waals surface area contributed by atoms with Gasteiger partial charge in [0.25, 0.3) is 5.91 Å². The molecule has 4 atom stereocenters. The van der Waals surface area contributed by atoms with Crippen molar-refractivity contribution >= 4 is 29.2 Å². The van der Waals surface area contributed by atoms with E-state index in [0.29, 0.717) is 23.6 Å².